The Kier molecular flexibility index (Phi) is 4.59. The van der Waals surface area contributed by atoms with Gasteiger partial charge in [-0.3, -0.25) is 0 Å². The van der Waals surface area contributed by atoms with Crippen LogP contribution >= 0.6 is 34.8 Å². The van der Waals surface area contributed by atoms with Crippen molar-refractivity contribution in [2.75, 3.05) is 5.32 Å². The van der Waals surface area contributed by atoms with E-state index in [-0.39, 0.29) is 0 Å². The minimum atomic E-state index is 0.496. The van der Waals surface area contributed by atoms with Crippen LogP contribution in [0.5, 0.6) is 0 Å². The van der Waals surface area contributed by atoms with Gasteiger partial charge in [-0.2, -0.15) is 0 Å². The Hall–Kier alpha value is -0.370. The molecule has 0 atom stereocenters. The second kappa shape index (κ2) is 5.50. The van der Waals surface area contributed by atoms with Crippen molar-refractivity contribution >= 4 is 40.5 Å². The van der Waals surface area contributed by atoms with E-state index in [1.54, 1.807) is 18.3 Å². The van der Waals surface area contributed by atoms with E-state index in [1.807, 2.05) is 6.08 Å². The molecule has 0 aliphatic carbocycles. The summed E-state index contributed by atoms with van der Waals surface area (Å²) in [4.78, 5) is 0. The van der Waals surface area contributed by atoms with Crippen LogP contribution in [-0.2, 0) is 0 Å². The number of halogens is 3. The number of anilines is 1. The molecule has 0 bridgehead atoms. The summed E-state index contributed by atoms with van der Waals surface area (Å²) < 4.78 is 0. The summed E-state index contributed by atoms with van der Waals surface area (Å²) >= 11 is 17.6. The maximum absolute atomic E-state index is 5.93. The molecule has 1 rings (SSSR count). The van der Waals surface area contributed by atoms with Crippen LogP contribution in [-0.4, -0.2) is 0 Å². The zero-order valence-corrected chi connectivity index (χ0v) is 9.63. The first-order valence-corrected chi connectivity index (χ1v) is 5.14. The zero-order chi connectivity index (χ0) is 10.6. The van der Waals surface area contributed by atoms with E-state index in [0.717, 1.165) is 0 Å². The Morgan fingerprint density at radius 1 is 1.21 bits per heavy atom. The molecule has 75 valence electrons. The van der Waals surface area contributed by atoms with Gasteiger partial charge in [0.25, 0.3) is 0 Å². The Labute approximate surface area is 98.7 Å². The van der Waals surface area contributed by atoms with Crippen LogP contribution in [0.25, 0.3) is 0 Å². The molecule has 0 aliphatic heterocycles. The highest BCUT2D eigenvalue weighted by atomic mass is 35.5. The van der Waals surface area contributed by atoms with Gasteiger partial charge in [0.2, 0.25) is 0 Å². The Bertz CT molecular complexity index is 324. The molecule has 0 saturated carbocycles. The van der Waals surface area contributed by atoms with E-state index in [0.29, 0.717) is 27.2 Å². The quantitative estimate of drug-likeness (QED) is 0.811. The van der Waals surface area contributed by atoms with E-state index >= 15 is 0 Å². The molecule has 1 N–H and O–H groups in total. The van der Waals surface area contributed by atoms with E-state index in [4.69, 9.17) is 34.8 Å². The third-order valence-electron chi connectivity index (χ3n) is 1.52. The fraction of sp³-hybridized carbons (Fsp3) is 0.100. The molecule has 1 aromatic rings. The van der Waals surface area contributed by atoms with Crippen LogP contribution < -0.4 is 5.32 Å². The van der Waals surface area contributed by atoms with Gasteiger partial charge in [0.05, 0.1) is 15.7 Å². The first-order valence-electron chi connectivity index (χ1n) is 4.00. The molecule has 0 heterocycles. The normalized spacial score (nSPS) is 10.9. The van der Waals surface area contributed by atoms with Gasteiger partial charge >= 0.3 is 0 Å². The molecule has 0 aliphatic rings. The van der Waals surface area contributed by atoms with Gasteiger partial charge in [0, 0.05) is 5.02 Å². The molecule has 1 nitrogen and oxygen atoms in total. The lowest BCUT2D eigenvalue weighted by Crippen LogP contribution is -1.89. The molecule has 1 aromatic carbocycles. The fourth-order valence-electron chi connectivity index (χ4n) is 0.906. The summed E-state index contributed by atoms with van der Waals surface area (Å²) in [5.74, 6) is 0. The summed E-state index contributed by atoms with van der Waals surface area (Å²) in [6, 6.07) is 3.27. The predicted molar refractivity (Wildman–Crippen MR) is 64.2 cm³/mol. The molecule has 0 saturated heterocycles. The minimum Gasteiger partial charge on any atom is -0.360 e. The molecule has 0 fully saturated rings. The highest BCUT2D eigenvalue weighted by Crippen LogP contribution is 2.33. The van der Waals surface area contributed by atoms with Crippen LogP contribution in [0.15, 0.2) is 24.4 Å². The highest BCUT2D eigenvalue weighted by Gasteiger charge is 2.05. The maximum Gasteiger partial charge on any atom is 0.0759 e. The SMILES string of the molecule is [CH2]C/C=C/Nc1c(Cl)cc(Cl)cc1Cl. The summed E-state index contributed by atoms with van der Waals surface area (Å²) in [5, 5.41) is 4.48. The molecular weight excluding hydrogens is 240 g/mol. The Balaban J connectivity index is 2.91. The van der Waals surface area contributed by atoms with Gasteiger partial charge < -0.3 is 5.32 Å². The van der Waals surface area contributed by atoms with Gasteiger partial charge in [-0.15, -0.1) is 0 Å². The molecule has 14 heavy (non-hydrogen) atoms. The van der Waals surface area contributed by atoms with Crippen molar-refractivity contribution in [2.24, 2.45) is 0 Å². The van der Waals surface area contributed by atoms with Gasteiger partial charge in [0.15, 0.2) is 0 Å². The molecule has 0 amide bonds. The number of hydrogen-bond donors (Lipinski definition) is 1. The molecule has 0 spiro atoms. The third-order valence-corrected chi connectivity index (χ3v) is 2.33. The summed E-state index contributed by atoms with van der Waals surface area (Å²) in [6.07, 6.45) is 4.31. The molecule has 4 heteroatoms. The first kappa shape index (κ1) is 11.7. The van der Waals surface area contributed by atoms with E-state index in [2.05, 4.69) is 12.2 Å². The standard InChI is InChI=1S/C10H9Cl3N/c1-2-3-4-14-10-8(12)5-7(11)6-9(10)13/h3-6,14H,1-2H2/b4-3+. The summed E-state index contributed by atoms with van der Waals surface area (Å²) in [6.45, 7) is 3.66. The van der Waals surface area contributed by atoms with Gasteiger partial charge in [0.1, 0.15) is 0 Å². The Morgan fingerprint density at radius 2 is 1.79 bits per heavy atom. The number of hydrogen-bond acceptors (Lipinski definition) is 1. The molecular formula is C10H9Cl3N. The number of rotatable bonds is 3. The first-order chi connectivity index (χ1) is 6.65. The zero-order valence-electron chi connectivity index (χ0n) is 7.36. The van der Waals surface area contributed by atoms with E-state index in [9.17, 15) is 0 Å². The van der Waals surface area contributed by atoms with Crippen molar-refractivity contribution < 1.29 is 0 Å². The van der Waals surface area contributed by atoms with E-state index < -0.39 is 0 Å². The van der Waals surface area contributed by atoms with Crippen LogP contribution in [0, 0.1) is 6.92 Å². The predicted octanol–water partition coefficient (Wildman–Crippen LogP) is 4.80. The highest BCUT2D eigenvalue weighted by molar-refractivity contribution is 6.41. The monoisotopic (exact) mass is 248 g/mol. The second-order valence-electron chi connectivity index (χ2n) is 2.58. The lowest BCUT2D eigenvalue weighted by atomic mass is 10.3. The van der Waals surface area contributed by atoms with Crippen molar-refractivity contribution in [1.82, 2.24) is 0 Å². The summed E-state index contributed by atoms with van der Waals surface area (Å²) in [7, 11) is 0. The van der Waals surface area contributed by atoms with Gasteiger partial charge in [-0.1, -0.05) is 40.9 Å². The average Bonchev–Trinajstić information content (AvgIpc) is 2.09. The number of allylic oxidation sites excluding steroid dienone is 1. The van der Waals surface area contributed by atoms with Crippen molar-refractivity contribution in [3.8, 4) is 0 Å². The smallest absolute Gasteiger partial charge is 0.0759 e. The average molecular weight is 250 g/mol. The van der Waals surface area contributed by atoms with Crippen LogP contribution in [0.3, 0.4) is 0 Å². The number of benzene rings is 1. The maximum atomic E-state index is 5.93. The van der Waals surface area contributed by atoms with E-state index in [1.165, 1.54) is 0 Å². The van der Waals surface area contributed by atoms with Gasteiger partial charge in [-0.05, 0) is 31.7 Å². The second-order valence-corrected chi connectivity index (χ2v) is 3.83. The molecule has 0 unspecified atom stereocenters. The molecule has 0 aromatic heterocycles. The van der Waals surface area contributed by atoms with Crippen molar-refractivity contribution in [1.29, 1.82) is 0 Å². The topological polar surface area (TPSA) is 12.0 Å². The third kappa shape index (κ3) is 3.09. The van der Waals surface area contributed by atoms with Crippen molar-refractivity contribution in [3.05, 3.63) is 46.4 Å². The minimum absolute atomic E-state index is 0.496. The van der Waals surface area contributed by atoms with Crippen LogP contribution in [0.1, 0.15) is 6.42 Å². The van der Waals surface area contributed by atoms with Gasteiger partial charge in [-0.25, -0.2) is 0 Å². The molecule has 1 radical (unpaired) electrons. The van der Waals surface area contributed by atoms with Crippen molar-refractivity contribution in [3.63, 3.8) is 0 Å². The van der Waals surface area contributed by atoms with Crippen LogP contribution in [0.2, 0.25) is 15.1 Å². The lowest BCUT2D eigenvalue weighted by Gasteiger charge is -2.06. The van der Waals surface area contributed by atoms with Crippen LogP contribution in [0.4, 0.5) is 5.69 Å². The van der Waals surface area contributed by atoms with Crippen molar-refractivity contribution in [2.45, 2.75) is 6.42 Å². The fourth-order valence-corrected chi connectivity index (χ4v) is 1.83. The number of nitrogens with one attached hydrogen (secondary N) is 1. The Morgan fingerprint density at radius 3 is 2.29 bits per heavy atom. The largest absolute Gasteiger partial charge is 0.360 e. The lowest BCUT2D eigenvalue weighted by molar-refractivity contribution is 1.38. The summed E-state index contributed by atoms with van der Waals surface area (Å²) in [5.41, 5.74) is 0.655.